The van der Waals surface area contributed by atoms with E-state index in [9.17, 15) is 9.59 Å². The average Bonchev–Trinajstić information content (AvgIpc) is 2.27. The van der Waals surface area contributed by atoms with Crippen LogP contribution in [0.25, 0.3) is 5.57 Å². The van der Waals surface area contributed by atoms with E-state index in [0.29, 0.717) is 11.1 Å². The van der Waals surface area contributed by atoms with E-state index in [1.807, 2.05) is 0 Å². The molecule has 0 saturated heterocycles. The maximum absolute atomic E-state index is 11.0. The second-order valence-electron chi connectivity index (χ2n) is 2.84. The lowest BCUT2D eigenvalue weighted by molar-refractivity contribution is -0.139. The van der Waals surface area contributed by atoms with Crippen LogP contribution in [-0.4, -0.2) is 19.0 Å². The average molecular weight is 269 g/mol. The van der Waals surface area contributed by atoms with Gasteiger partial charge in [-0.2, -0.15) is 0 Å². The Hall–Kier alpha value is -1.38. The van der Waals surface area contributed by atoms with Gasteiger partial charge in [0.25, 0.3) is 0 Å². The third kappa shape index (κ3) is 3.35. The molecule has 1 rings (SSSR count). The number of hydrogen-bond acceptors (Lipinski definition) is 3. The summed E-state index contributed by atoms with van der Waals surface area (Å²) < 4.78 is 5.39. The van der Waals surface area contributed by atoms with Crippen molar-refractivity contribution in [2.24, 2.45) is 0 Å². The van der Waals surface area contributed by atoms with Crippen LogP contribution in [0.15, 0.2) is 28.7 Å². The van der Waals surface area contributed by atoms with Crippen molar-refractivity contribution in [2.45, 2.75) is 6.42 Å². The lowest BCUT2D eigenvalue weighted by atomic mass is 10.1. The molecule has 0 aliphatic heterocycles. The van der Waals surface area contributed by atoms with Gasteiger partial charge in [0, 0.05) is 4.47 Å². The Balaban J connectivity index is 2.89. The van der Waals surface area contributed by atoms with Gasteiger partial charge in [0.05, 0.1) is 19.1 Å². The summed E-state index contributed by atoms with van der Waals surface area (Å²) in [5.74, 6) is 1.31. The van der Waals surface area contributed by atoms with Crippen molar-refractivity contribution in [3.63, 3.8) is 0 Å². The maximum Gasteiger partial charge on any atom is 0.310 e. The predicted octanol–water partition coefficient (Wildman–Crippen LogP) is 2.23. The van der Waals surface area contributed by atoms with Crippen molar-refractivity contribution in [2.75, 3.05) is 7.11 Å². The normalized spacial score (nSPS) is 9.20. The van der Waals surface area contributed by atoms with Gasteiger partial charge in [-0.15, -0.1) is 0 Å². The van der Waals surface area contributed by atoms with Crippen molar-refractivity contribution in [1.29, 1.82) is 0 Å². The molecule has 0 unspecified atom stereocenters. The fourth-order valence-electron chi connectivity index (χ4n) is 1.06. The van der Waals surface area contributed by atoms with Crippen LogP contribution in [0.2, 0.25) is 0 Å². The molecule has 0 fully saturated rings. The molecular weight excluding hydrogens is 260 g/mol. The molecule has 0 aromatic heterocycles. The molecule has 4 heteroatoms. The van der Waals surface area contributed by atoms with Crippen LogP contribution in [0.5, 0.6) is 0 Å². The summed E-state index contributed by atoms with van der Waals surface area (Å²) in [6.07, 6.45) is -0.0539. The molecule has 1 aromatic carbocycles. The molecule has 0 spiro atoms. The summed E-state index contributed by atoms with van der Waals surface area (Å²) in [6, 6.07) is 7.08. The number of ether oxygens (including phenoxy) is 1. The Kier molecular flexibility index (Phi) is 4.28. The van der Waals surface area contributed by atoms with Crippen LogP contribution in [-0.2, 0) is 14.3 Å². The number of rotatable bonds is 3. The fraction of sp³-hybridized carbons (Fsp3) is 0.182. The SMILES string of the molecule is COC(=O)CC(=C=O)c1ccc(Br)cc1. The highest BCUT2D eigenvalue weighted by Crippen LogP contribution is 2.18. The smallest absolute Gasteiger partial charge is 0.310 e. The van der Waals surface area contributed by atoms with Gasteiger partial charge in [-0.05, 0) is 17.7 Å². The van der Waals surface area contributed by atoms with Crippen LogP contribution in [0.3, 0.4) is 0 Å². The van der Waals surface area contributed by atoms with Crippen LogP contribution >= 0.6 is 15.9 Å². The molecule has 0 heterocycles. The van der Waals surface area contributed by atoms with Crippen molar-refractivity contribution in [3.05, 3.63) is 34.3 Å². The number of carbonyl (C=O) groups is 1. The lowest BCUT2D eigenvalue weighted by Gasteiger charge is -2.02. The maximum atomic E-state index is 11.0. The molecule has 0 amide bonds. The molecule has 3 nitrogen and oxygen atoms in total. The topological polar surface area (TPSA) is 43.4 Å². The zero-order chi connectivity index (χ0) is 11.3. The molecule has 0 bridgehead atoms. The molecule has 0 aliphatic rings. The first-order valence-corrected chi connectivity index (χ1v) is 5.03. The molecule has 0 radical (unpaired) electrons. The van der Waals surface area contributed by atoms with Crippen LogP contribution in [0.1, 0.15) is 12.0 Å². The van der Waals surface area contributed by atoms with E-state index in [2.05, 4.69) is 20.7 Å². The second-order valence-corrected chi connectivity index (χ2v) is 3.76. The van der Waals surface area contributed by atoms with Gasteiger partial charge in [0.2, 0.25) is 0 Å². The third-order valence-corrected chi connectivity index (χ3v) is 2.39. The van der Waals surface area contributed by atoms with Crippen molar-refractivity contribution in [3.8, 4) is 0 Å². The van der Waals surface area contributed by atoms with E-state index < -0.39 is 5.97 Å². The van der Waals surface area contributed by atoms with E-state index in [-0.39, 0.29) is 6.42 Å². The highest BCUT2D eigenvalue weighted by atomic mass is 79.9. The van der Waals surface area contributed by atoms with Gasteiger partial charge in [0.1, 0.15) is 5.94 Å². The fourth-order valence-corrected chi connectivity index (χ4v) is 1.33. The molecular formula is C11H9BrO3. The van der Waals surface area contributed by atoms with Crippen molar-refractivity contribution >= 4 is 33.4 Å². The van der Waals surface area contributed by atoms with Crippen LogP contribution in [0.4, 0.5) is 0 Å². The van der Waals surface area contributed by atoms with Gasteiger partial charge >= 0.3 is 5.97 Å². The van der Waals surface area contributed by atoms with Gasteiger partial charge in [-0.1, -0.05) is 28.1 Å². The number of methoxy groups -OCH3 is 1. The summed E-state index contributed by atoms with van der Waals surface area (Å²) in [5.41, 5.74) is 0.980. The Morgan fingerprint density at radius 2 is 2.00 bits per heavy atom. The summed E-state index contributed by atoms with van der Waals surface area (Å²) in [5, 5.41) is 0. The van der Waals surface area contributed by atoms with E-state index in [1.165, 1.54) is 7.11 Å². The molecule has 1 aromatic rings. The number of halogens is 1. The first-order valence-electron chi connectivity index (χ1n) is 4.24. The molecule has 0 atom stereocenters. The standard InChI is InChI=1S/C11H9BrO3/c1-15-11(14)6-9(7-13)8-2-4-10(12)5-3-8/h2-5H,6H2,1H3. The quantitative estimate of drug-likeness (QED) is 0.624. The summed E-state index contributed by atoms with van der Waals surface area (Å²) in [6.45, 7) is 0. The molecule has 15 heavy (non-hydrogen) atoms. The minimum absolute atomic E-state index is 0.0539. The first kappa shape index (κ1) is 11.7. The molecule has 0 aliphatic carbocycles. The Morgan fingerprint density at radius 1 is 1.40 bits per heavy atom. The minimum Gasteiger partial charge on any atom is -0.469 e. The largest absolute Gasteiger partial charge is 0.469 e. The number of esters is 1. The highest BCUT2D eigenvalue weighted by Gasteiger charge is 2.09. The third-order valence-electron chi connectivity index (χ3n) is 1.86. The zero-order valence-corrected chi connectivity index (χ0v) is 9.71. The van der Waals surface area contributed by atoms with E-state index in [4.69, 9.17) is 0 Å². The molecule has 0 N–H and O–H groups in total. The van der Waals surface area contributed by atoms with Gasteiger partial charge in [-0.3, -0.25) is 4.79 Å². The first-order chi connectivity index (χ1) is 7.17. The Labute approximate surface area is 95.9 Å². The summed E-state index contributed by atoms with van der Waals surface area (Å²) in [7, 11) is 1.28. The zero-order valence-electron chi connectivity index (χ0n) is 8.12. The molecule has 78 valence electrons. The monoisotopic (exact) mass is 268 g/mol. The van der Waals surface area contributed by atoms with Gasteiger partial charge in [-0.25, -0.2) is 4.79 Å². The second kappa shape index (κ2) is 5.49. The van der Waals surface area contributed by atoms with Crippen molar-refractivity contribution in [1.82, 2.24) is 0 Å². The van der Waals surface area contributed by atoms with Crippen LogP contribution in [0, 0.1) is 0 Å². The minimum atomic E-state index is -0.448. The Bertz CT molecular complexity index is 402. The number of hydrogen-bond donors (Lipinski definition) is 0. The van der Waals surface area contributed by atoms with E-state index in [1.54, 1.807) is 30.2 Å². The lowest BCUT2D eigenvalue weighted by Crippen LogP contribution is -2.01. The summed E-state index contributed by atoms with van der Waals surface area (Å²) >= 11 is 3.28. The summed E-state index contributed by atoms with van der Waals surface area (Å²) in [4.78, 5) is 21.7. The van der Waals surface area contributed by atoms with Crippen molar-refractivity contribution < 1.29 is 14.3 Å². The Morgan fingerprint density at radius 3 is 2.47 bits per heavy atom. The molecule has 0 saturated carbocycles. The van der Waals surface area contributed by atoms with Gasteiger partial charge < -0.3 is 4.74 Å². The highest BCUT2D eigenvalue weighted by molar-refractivity contribution is 9.10. The number of benzene rings is 1. The van der Waals surface area contributed by atoms with Gasteiger partial charge in [0.15, 0.2) is 0 Å². The number of carbonyl (C=O) groups excluding carboxylic acids is 2. The van der Waals surface area contributed by atoms with Crippen LogP contribution < -0.4 is 0 Å². The van der Waals surface area contributed by atoms with E-state index >= 15 is 0 Å². The predicted molar refractivity (Wildman–Crippen MR) is 59.9 cm³/mol. The van der Waals surface area contributed by atoms with E-state index in [0.717, 1.165) is 4.47 Å².